The molecule has 1 heterocycles. The molecule has 4 heteroatoms. The molecule has 90 valence electrons. The number of ether oxygens (including phenoxy) is 1. The summed E-state index contributed by atoms with van der Waals surface area (Å²) in [5.74, 6) is 0.933. The Kier molecular flexibility index (Phi) is 3.32. The molecule has 2 aromatic rings. The molecule has 0 aliphatic heterocycles. The molecular formula is C13H17N3O. The van der Waals surface area contributed by atoms with E-state index in [4.69, 9.17) is 10.5 Å². The Morgan fingerprint density at radius 1 is 1.35 bits per heavy atom. The van der Waals surface area contributed by atoms with Crippen LogP contribution in [0.2, 0.25) is 0 Å². The molecule has 3 N–H and O–H groups in total. The number of hydrogen-bond acceptors (Lipinski definition) is 3. The van der Waals surface area contributed by atoms with E-state index in [1.165, 1.54) is 11.1 Å². The zero-order valence-corrected chi connectivity index (χ0v) is 10.2. The van der Waals surface area contributed by atoms with Gasteiger partial charge in [0.15, 0.2) is 0 Å². The summed E-state index contributed by atoms with van der Waals surface area (Å²) in [7, 11) is 1.70. The summed E-state index contributed by atoms with van der Waals surface area (Å²) >= 11 is 0. The highest BCUT2D eigenvalue weighted by Gasteiger charge is 2.06. The maximum Gasteiger partial charge on any atom is 0.122 e. The van der Waals surface area contributed by atoms with Crippen molar-refractivity contribution in [1.29, 1.82) is 0 Å². The van der Waals surface area contributed by atoms with Crippen LogP contribution in [0.15, 0.2) is 24.4 Å². The van der Waals surface area contributed by atoms with Crippen LogP contribution >= 0.6 is 0 Å². The van der Waals surface area contributed by atoms with Gasteiger partial charge in [-0.25, -0.2) is 0 Å². The number of nitrogens with two attached hydrogens (primary N) is 1. The summed E-state index contributed by atoms with van der Waals surface area (Å²) in [6.45, 7) is 2.05. The monoisotopic (exact) mass is 231 g/mol. The van der Waals surface area contributed by atoms with E-state index in [1.807, 2.05) is 6.07 Å². The highest BCUT2D eigenvalue weighted by atomic mass is 16.5. The molecular weight excluding hydrogens is 214 g/mol. The van der Waals surface area contributed by atoms with Crippen LogP contribution in [0.25, 0.3) is 0 Å². The standard InChI is InChI=1S/C13H17N3O/c1-9-3-4-10(13(7-9)17-2)5-6-12-11(14)8-15-16-12/h3-4,7-8H,5-6,14H2,1-2H3,(H,15,16). The molecule has 0 radical (unpaired) electrons. The molecule has 1 aromatic carbocycles. The largest absolute Gasteiger partial charge is 0.496 e. The predicted molar refractivity (Wildman–Crippen MR) is 68.1 cm³/mol. The first-order chi connectivity index (χ1) is 8.20. The summed E-state index contributed by atoms with van der Waals surface area (Å²) in [5, 5.41) is 6.82. The fourth-order valence-electron chi connectivity index (χ4n) is 1.84. The number of aromatic nitrogens is 2. The van der Waals surface area contributed by atoms with Crippen molar-refractivity contribution in [3.05, 3.63) is 41.2 Å². The highest BCUT2D eigenvalue weighted by molar-refractivity contribution is 5.42. The predicted octanol–water partition coefficient (Wildman–Crippen LogP) is 2.09. The zero-order valence-electron chi connectivity index (χ0n) is 10.2. The lowest BCUT2D eigenvalue weighted by molar-refractivity contribution is 0.409. The minimum absolute atomic E-state index is 0.719. The number of nitrogen functional groups attached to an aromatic ring is 1. The maximum absolute atomic E-state index is 5.77. The Morgan fingerprint density at radius 3 is 2.82 bits per heavy atom. The molecule has 0 amide bonds. The average Bonchev–Trinajstić information content (AvgIpc) is 2.73. The van der Waals surface area contributed by atoms with Gasteiger partial charge in [0, 0.05) is 0 Å². The Labute approximate surface area is 101 Å². The number of nitrogens with one attached hydrogen (secondary N) is 1. The number of hydrogen-bond donors (Lipinski definition) is 2. The lowest BCUT2D eigenvalue weighted by atomic mass is 10.0. The molecule has 0 atom stereocenters. The van der Waals surface area contributed by atoms with E-state index in [9.17, 15) is 0 Å². The van der Waals surface area contributed by atoms with Gasteiger partial charge in [-0.15, -0.1) is 0 Å². The first-order valence-electron chi connectivity index (χ1n) is 5.62. The van der Waals surface area contributed by atoms with Crippen molar-refractivity contribution >= 4 is 5.69 Å². The van der Waals surface area contributed by atoms with E-state index >= 15 is 0 Å². The molecule has 1 aromatic heterocycles. The number of benzene rings is 1. The van der Waals surface area contributed by atoms with Crippen molar-refractivity contribution in [1.82, 2.24) is 10.2 Å². The topological polar surface area (TPSA) is 63.9 Å². The molecule has 2 rings (SSSR count). The normalized spacial score (nSPS) is 10.5. The lowest BCUT2D eigenvalue weighted by Gasteiger charge is -2.09. The number of aromatic amines is 1. The first kappa shape index (κ1) is 11.5. The molecule has 0 saturated carbocycles. The van der Waals surface area contributed by atoms with E-state index in [1.54, 1.807) is 13.3 Å². The molecule has 0 aliphatic rings. The van der Waals surface area contributed by atoms with Gasteiger partial charge in [-0.3, -0.25) is 5.10 Å². The average molecular weight is 231 g/mol. The maximum atomic E-state index is 5.77. The molecule has 4 nitrogen and oxygen atoms in total. The third kappa shape index (κ3) is 2.58. The smallest absolute Gasteiger partial charge is 0.122 e. The van der Waals surface area contributed by atoms with Crippen LogP contribution in [0.3, 0.4) is 0 Å². The van der Waals surface area contributed by atoms with Crippen LogP contribution in [0.1, 0.15) is 16.8 Å². The number of anilines is 1. The minimum Gasteiger partial charge on any atom is -0.496 e. The second kappa shape index (κ2) is 4.91. The second-order valence-corrected chi connectivity index (χ2v) is 4.12. The third-order valence-corrected chi connectivity index (χ3v) is 2.84. The summed E-state index contributed by atoms with van der Waals surface area (Å²) in [5.41, 5.74) is 9.86. The Bertz CT molecular complexity index is 505. The Balaban J connectivity index is 2.11. The van der Waals surface area contributed by atoms with Crippen LogP contribution in [-0.4, -0.2) is 17.3 Å². The quantitative estimate of drug-likeness (QED) is 0.847. The van der Waals surface area contributed by atoms with Gasteiger partial charge in [-0.1, -0.05) is 12.1 Å². The van der Waals surface area contributed by atoms with Crippen LogP contribution in [-0.2, 0) is 12.8 Å². The number of nitrogens with zero attached hydrogens (tertiary/aromatic N) is 1. The van der Waals surface area contributed by atoms with Gasteiger partial charge in [0.2, 0.25) is 0 Å². The summed E-state index contributed by atoms with van der Waals surface area (Å²) in [6, 6.07) is 6.24. The highest BCUT2D eigenvalue weighted by Crippen LogP contribution is 2.22. The van der Waals surface area contributed by atoms with E-state index in [2.05, 4.69) is 29.3 Å². The molecule has 0 spiro atoms. The van der Waals surface area contributed by atoms with Gasteiger partial charge in [0.05, 0.1) is 24.7 Å². The summed E-state index contributed by atoms with van der Waals surface area (Å²) in [6.07, 6.45) is 3.36. The van der Waals surface area contributed by atoms with Crippen molar-refractivity contribution in [2.45, 2.75) is 19.8 Å². The molecule has 0 saturated heterocycles. The number of aryl methyl sites for hydroxylation is 3. The van der Waals surface area contributed by atoms with Gasteiger partial charge in [-0.05, 0) is 37.0 Å². The number of methoxy groups -OCH3 is 1. The van der Waals surface area contributed by atoms with Crippen LogP contribution < -0.4 is 10.5 Å². The van der Waals surface area contributed by atoms with Crippen molar-refractivity contribution in [2.75, 3.05) is 12.8 Å². The van der Waals surface area contributed by atoms with Crippen molar-refractivity contribution in [3.63, 3.8) is 0 Å². The fraction of sp³-hybridized carbons (Fsp3) is 0.308. The molecule has 17 heavy (non-hydrogen) atoms. The van der Waals surface area contributed by atoms with Gasteiger partial charge in [-0.2, -0.15) is 5.10 Å². The molecule has 0 aliphatic carbocycles. The first-order valence-corrected chi connectivity index (χ1v) is 5.62. The zero-order chi connectivity index (χ0) is 12.3. The van der Waals surface area contributed by atoms with Gasteiger partial charge >= 0.3 is 0 Å². The number of H-pyrrole nitrogens is 1. The van der Waals surface area contributed by atoms with E-state index in [-0.39, 0.29) is 0 Å². The van der Waals surface area contributed by atoms with Crippen molar-refractivity contribution in [3.8, 4) is 5.75 Å². The number of rotatable bonds is 4. The minimum atomic E-state index is 0.719. The Hall–Kier alpha value is -1.97. The van der Waals surface area contributed by atoms with Gasteiger partial charge < -0.3 is 10.5 Å². The fourth-order valence-corrected chi connectivity index (χ4v) is 1.84. The van der Waals surface area contributed by atoms with Crippen LogP contribution in [0, 0.1) is 6.92 Å². The molecule has 0 unspecified atom stereocenters. The SMILES string of the molecule is COc1cc(C)ccc1CCc1[nH]ncc1N. The van der Waals surface area contributed by atoms with Crippen LogP contribution in [0.5, 0.6) is 5.75 Å². The van der Waals surface area contributed by atoms with E-state index in [0.29, 0.717) is 0 Å². The second-order valence-electron chi connectivity index (χ2n) is 4.12. The summed E-state index contributed by atoms with van der Waals surface area (Å²) < 4.78 is 5.37. The lowest BCUT2D eigenvalue weighted by Crippen LogP contribution is -1.98. The Morgan fingerprint density at radius 2 is 2.18 bits per heavy atom. The third-order valence-electron chi connectivity index (χ3n) is 2.84. The van der Waals surface area contributed by atoms with Crippen molar-refractivity contribution < 1.29 is 4.74 Å². The van der Waals surface area contributed by atoms with Crippen LogP contribution in [0.4, 0.5) is 5.69 Å². The molecule has 0 fully saturated rings. The molecule has 0 bridgehead atoms. The van der Waals surface area contributed by atoms with E-state index < -0.39 is 0 Å². The van der Waals surface area contributed by atoms with Gasteiger partial charge in [0.1, 0.15) is 5.75 Å². The summed E-state index contributed by atoms with van der Waals surface area (Å²) in [4.78, 5) is 0. The van der Waals surface area contributed by atoms with E-state index in [0.717, 1.165) is 30.0 Å². The van der Waals surface area contributed by atoms with Crippen molar-refractivity contribution in [2.24, 2.45) is 0 Å². The van der Waals surface area contributed by atoms with Gasteiger partial charge in [0.25, 0.3) is 0 Å².